The van der Waals surface area contributed by atoms with E-state index < -0.39 is 5.60 Å². The molecule has 8 heteroatoms. The van der Waals surface area contributed by atoms with Crippen LogP contribution in [0.4, 0.5) is 10.5 Å². The van der Waals surface area contributed by atoms with E-state index in [0.29, 0.717) is 27.6 Å². The summed E-state index contributed by atoms with van der Waals surface area (Å²) in [5.74, 6) is 2.33. The summed E-state index contributed by atoms with van der Waals surface area (Å²) in [6.45, 7) is 9.26. The van der Waals surface area contributed by atoms with E-state index >= 15 is 0 Å². The van der Waals surface area contributed by atoms with Crippen LogP contribution in [0.1, 0.15) is 50.4 Å². The van der Waals surface area contributed by atoms with Gasteiger partial charge < -0.3 is 24.0 Å². The number of likely N-dealkylation sites (tertiary alicyclic amines) is 1. The number of esters is 1. The monoisotopic (exact) mass is 558 g/mol. The lowest BCUT2D eigenvalue weighted by molar-refractivity contribution is 0.0173. The molecule has 2 aromatic carbocycles. The van der Waals surface area contributed by atoms with Gasteiger partial charge >= 0.3 is 12.1 Å². The van der Waals surface area contributed by atoms with Gasteiger partial charge in [-0.1, -0.05) is 12.1 Å². The van der Waals surface area contributed by atoms with E-state index in [0.717, 1.165) is 50.5 Å². The molecule has 1 amide bonds. The van der Waals surface area contributed by atoms with Crippen LogP contribution in [0.3, 0.4) is 0 Å². The lowest BCUT2D eigenvalue weighted by Crippen LogP contribution is -2.48. The van der Waals surface area contributed by atoms with Crippen molar-refractivity contribution in [2.45, 2.75) is 45.6 Å². The fraction of sp³-hybridized carbons (Fsp3) is 0.500. The van der Waals surface area contributed by atoms with Crippen LogP contribution in [-0.2, 0) is 9.47 Å². The number of piperidine rings is 1. The highest BCUT2D eigenvalue weighted by Gasteiger charge is 2.33. The van der Waals surface area contributed by atoms with Crippen molar-refractivity contribution < 1.29 is 23.8 Å². The molecule has 36 heavy (non-hydrogen) atoms. The van der Waals surface area contributed by atoms with Gasteiger partial charge in [-0.05, 0) is 98.1 Å². The highest BCUT2D eigenvalue weighted by molar-refractivity contribution is 9.10. The summed E-state index contributed by atoms with van der Waals surface area (Å²) >= 11 is 3.51. The van der Waals surface area contributed by atoms with Gasteiger partial charge in [0.25, 0.3) is 0 Å². The SMILES string of the molecule is COC(=O)c1ccc(Oc2ccccc2N2CC(CC3CCN(C(=O)OC(C)(C)C)CC3)C2)c(Br)c1. The van der Waals surface area contributed by atoms with Crippen LogP contribution in [0.25, 0.3) is 0 Å². The van der Waals surface area contributed by atoms with Gasteiger partial charge in [-0.2, -0.15) is 0 Å². The zero-order valence-corrected chi connectivity index (χ0v) is 23.0. The molecule has 0 unspecified atom stereocenters. The van der Waals surface area contributed by atoms with Gasteiger partial charge in [-0.15, -0.1) is 0 Å². The molecule has 2 fully saturated rings. The predicted molar refractivity (Wildman–Crippen MR) is 143 cm³/mol. The normalized spacial score (nSPS) is 16.9. The van der Waals surface area contributed by atoms with E-state index in [1.165, 1.54) is 13.5 Å². The van der Waals surface area contributed by atoms with Crippen LogP contribution < -0.4 is 9.64 Å². The first-order chi connectivity index (χ1) is 17.1. The van der Waals surface area contributed by atoms with Crippen LogP contribution in [-0.4, -0.2) is 55.9 Å². The van der Waals surface area contributed by atoms with Crippen LogP contribution in [0.2, 0.25) is 0 Å². The first-order valence-corrected chi connectivity index (χ1v) is 13.3. The highest BCUT2D eigenvalue weighted by atomic mass is 79.9. The second kappa shape index (κ2) is 11.1. The molecule has 0 spiro atoms. The van der Waals surface area contributed by atoms with E-state index in [2.05, 4.69) is 26.9 Å². The molecule has 194 valence electrons. The molecule has 2 aliphatic heterocycles. The minimum atomic E-state index is -0.452. The third kappa shape index (κ3) is 6.52. The number of rotatable bonds is 6. The van der Waals surface area contributed by atoms with Crippen LogP contribution in [0.15, 0.2) is 46.9 Å². The number of amides is 1. The third-order valence-electron chi connectivity index (χ3n) is 6.67. The Labute approximate surface area is 221 Å². The average molecular weight is 560 g/mol. The smallest absolute Gasteiger partial charge is 0.410 e. The van der Waals surface area contributed by atoms with E-state index in [9.17, 15) is 9.59 Å². The van der Waals surface area contributed by atoms with Crippen LogP contribution in [0, 0.1) is 11.8 Å². The standard InChI is InChI=1S/C28H35BrN2O5/c1-28(2,3)36-27(33)30-13-11-19(12-14-30)15-20-17-31(18-20)23-7-5-6-8-25(23)35-24-10-9-21(16-22(24)29)26(32)34-4/h5-10,16,19-20H,11-15,17-18H2,1-4H3. The van der Waals surface area contributed by atoms with Crippen molar-refractivity contribution in [3.63, 3.8) is 0 Å². The summed E-state index contributed by atoms with van der Waals surface area (Å²) in [7, 11) is 1.37. The molecule has 0 atom stereocenters. The molecule has 0 radical (unpaired) electrons. The summed E-state index contributed by atoms with van der Waals surface area (Å²) in [6.07, 6.45) is 3.05. The highest BCUT2D eigenvalue weighted by Crippen LogP contribution is 2.40. The molecule has 0 aliphatic carbocycles. The van der Waals surface area contributed by atoms with Crippen LogP contribution >= 0.6 is 15.9 Å². The fourth-order valence-corrected chi connectivity index (χ4v) is 5.28. The second-order valence-corrected chi connectivity index (χ2v) is 11.5. The van der Waals surface area contributed by atoms with Crippen molar-refractivity contribution in [2.24, 2.45) is 11.8 Å². The number of benzene rings is 2. The van der Waals surface area contributed by atoms with E-state index in [-0.39, 0.29) is 12.1 Å². The number of carbonyl (C=O) groups excluding carboxylic acids is 2. The fourth-order valence-electron chi connectivity index (χ4n) is 4.82. The maximum absolute atomic E-state index is 12.3. The van der Waals surface area contributed by atoms with E-state index in [1.54, 1.807) is 18.2 Å². The Morgan fingerprint density at radius 1 is 1.00 bits per heavy atom. The Hall–Kier alpha value is -2.74. The van der Waals surface area contributed by atoms with Crippen molar-refractivity contribution in [3.8, 4) is 11.5 Å². The summed E-state index contributed by atoms with van der Waals surface area (Å²) in [5.41, 5.74) is 1.08. The number of anilines is 1. The molecule has 4 rings (SSSR count). The molecule has 2 saturated heterocycles. The largest absolute Gasteiger partial charge is 0.465 e. The number of nitrogens with zero attached hydrogens (tertiary/aromatic N) is 2. The Bertz CT molecular complexity index is 1090. The van der Waals surface area contributed by atoms with E-state index in [1.807, 2.05) is 43.9 Å². The average Bonchev–Trinajstić information content (AvgIpc) is 2.81. The zero-order valence-electron chi connectivity index (χ0n) is 21.5. The van der Waals surface area contributed by atoms with Crippen molar-refractivity contribution in [1.82, 2.24) is 4.90 Å². The number of ether oxygens (including phenoxy) is 3. The lowest BCUT2D eigenvalue weighted by atomic mass is 9.83. The molecule has 0 N–H and O–H groups in total. The number of para-hydroxylation sites is 2. The first-order valence-electron chi connectivity index (χ1n) is 12.5. The summed E-state index contributed by atoms with van der Waals surface area (Å²) in [4.78, 5) is 28.3. The van der Waals surface area contributed by atoms with Gasteiger partial charge in [0.2, 0.25) is 0 Å². The van der Waals surface area contributed by atoms with Gasteiger partial charge in [0.05, 0.1) is 22.8 Å². The lowest BCUT2D eigenvalue weighted by Gasteiger charge is -2.44. The van der Waals surface area contributed by atoms with E-state index in [4.69, 9.17) is 14.2 Å². The summed E-state index contributed by atoms with van der Waals surface area (Å²) in [5, 5.41) is 0. The number of methoxy groups -OCH3 is 1. The zero-order chi connectivity index (χ0) is 25.9. The molecule has 0 bridgehead atoms. The second-order valence-electron chi connectivity index (χ2n) is 10.6. The Morgan fingerprint density at radius 3 is 2.33 bits per heavy atom. The molecule has 2 aliphatic rings. The quantitative estimate of drug-likeness (QED) is 0.377. The molecule has 7 nitrogen and oxygen atoms in total. The molecule has 0 saturated carbocycles. The summed E-state index contributed by atoms with van der Waals surface area (Å²) in [6, 6.07) is 13.2. The Kier molecular flexibility index (Phi) is 8.13. The van der Waals surface area contributed by atoms with Gasteiger partial charge in [-0.3, -0.25) is 0 Å². The minimum absolute atomic E-state index is 0.195. The first kappa shape index (κ1) is 26.3. The van der Waals surface area contributed by atoms with Gasteiger partial charge in [0.1, 0.15) is 11.4 Å². The molecular formula is C28H35BrN2O5. The van der Waals surface area contributed by atoms with Gasteiger partial charge in [-0.25, -0.2) is 9.59 Å². The Morgan fingerprint density at radius 2 is 1.69 bits per heavy atom. The van der Waals surface area contributed by atoms with Crippen molar-refractivity contribution >= 4 is 33.7 Å². The van der Waals surface area contributed by atoms with Crippen LogP contribution in [0.5, 0.6) is 11.5 Å². The maximum Gasteiger partial charge on any atom is 0.410 e. The van der Waals surface area contributed by atoms with Gasteiger partial charge in [0.15, 0.2) is 5.75 Å². The molecule has 0 aromatic heterocycles. The maximum atomic E-state index is 12.3. The summed E-state index contributed by atoms with van der Waals surface area (Å²) < 4.78 is 17.2. The number of hydrogen-bond donors (Lipinski definition) is 0. The molecular weight excluding hydrogens is 524 g/mol. The molecule has 2 heterocycles. The third-order valence-corrected chi connectivity index (χ3v) is 7.29. The number of hydrogen-bond acceptors (Lipinski definition) is 6. The Balaban J connectivity index is 1.29. The van der Waals surface area contributed by atoms with Crippen molar-refractivity contribution in [1.29, 1.82) is 0 Å². The minimum Gasteiger partial charge on any atom is -0.465 e. The number of carbonyl (C=O) groups is 2. The predicted octanol–water partition coefficient (Wildman–Crippen LogP) is 6.50. The van der Waals surface area contributed by atoms with Crippen molar-refractivity contribution in [2.75, 3.05) is 38.2 Å². The van der Waals surface area contributed by atoms with Gasteiger partial charge in [0, 0.05) is 26.2 Å². The molecule has 2 aromatic rings. The van der Waals surface area contributed by atoms with Crippen molar-refractivity contribution in [3.05, 3.63) is 52.5 Å². The topological polar surface area (TPSA) is 68.3 Å². The number of halogens is 1.